The zero-order chi connectivity index (χ0) is 23.5. The van der Waals surface area contributed by atoms with Gasteiger partial charge >= 0.3 is 0 Å². The number of non-ortho nitro benzene ring substituents is 2. The number of hydrogen-bond donors (Lipinski definition) is 2. The van der Waals surface area contributed by atoms with Gasteiger partial charge in [0.05, 0.1) is 9.85 Å². The molecular weight excluding hydrogens is 432 g/mol. The quantitative estimate of drug-likeness (QED) is 0.503. The smallest absolute Gasteiger partial charge is 0.275 e. The van der Waals surface area contributed by atoms with Gasteiger partial charge in [-0.05, 0) is 31.4 Å². The van der Waals surface area contributed by atoms with Crippen LogP contribution in [-0.2, 0) is 0 Å². The maximum Gasteiger partial charge on any atom is 0.275 e. The predicted molar refractivity (Wildman–Crippen MR) is 116 cm³/mol. The molecule has 1 saturated carbocycles. The molecule has 0 radical (unpaired) electrons. The van der Waals surface area contributed by atoms with E-state index >= 15 is 0 Å². The summed E-state index contributed by atoms with van der Waals surface area (Å²) in [5, 5.41) is 27.7. The molecule has 33 heavy (non-hydrogen) atoms. The topological polar surface area (TPSA) is 160 Å². The van der Waals surface area contributed by atoms with Crippen molar-refractivity contribution in [2.24, 2.45) is 11.0 Å². The van der Waals surface area contributed by atoms with Gasteiger partial charge in [-0.25, -0.2) is 10.4 Å². The highest BCUT2D eigenvalue weighted by Crippen LogP contribution is 2.33. The van der Waals surface area contributed by atoms with E-state index in [9.17, 15) is 29.8 Å². The minimum absolute atomic E-state index is 0.0797. The second-order valence-corrected chi connectivity index (χ2v) is 7.75. The van der Waals surface area contributed by atoms with E-state index in [2.05, 4.69) is 16.0 Å². The predicted octanol–water partition coefficient (Wildman–Crippen LogP) is 2.77. The summed E-state index contributed by atoms with van der Waals surface area (Å²) in [7, 11) is 0. The van der Waals surface area contributed by atoms with E-state index in [0.717, 1.165) is 31.0 Å². The first kappa shape index (κ1) is 22.0. The Morgan fingerprint density at radius 3 is 2.27 bits per heavy atom. The second kappa shape index (κ2) is 9.12. The van der Waals surface area contributed by atoms with Crippen molar-refractivity contribution in [2.45, 2.75) is 31.8 Å². The van der Waals surface area contributed by atoms with E-state index in [1.165, 1.54) is 47.5 Å². The Balaban J connectivity index is 1.55. The normalized spacial score (nSPS) is 19.4. The molecule has 0 bridgehead atoms. The number of fused-ring (bicyclic) bond motifs is 1. The number of rotatable bonds is 6. The van der Waals surface area contributed by atoms with E-state index in [1.807, 2.05) is 0 Å². The fourth-order valence-corrected chi connectivity index (χ4v) is 4.05. The van der Waals surface area contributed by atoms with E-state index in [1.54, 1.807) is 0 Å². The summed E-state index contributed by atoms with van der Waals surface area (Å²) < 4.78 is 0. The van der Waals surface area contributed by atoms with E-state index in [-0.39, 0.29) is 28.4 Å². The van der Waals surface area contributed by atoms with Crippen LogP contribution in [0.1, 0.15) is 46.4 Å². The van der Waals surface area contributed by atoms with Gasteiger partial charge in [0, 0.05) is 47.0 Å². The summed E-state index contributed by atoms with van der Waals surface area (Å²) in [5.74, 6) is -1.28. The summed E-state index contributed by atoms with van der Waals surface area (Å²) in [6.45, 7) is 0. The Bertz CT molecular complexity index is 1170. The van der Waals surface area contributed by atoms with Crippen LogP contribution in [0.15, 0.2) is 53.6 Å². The van der Waals surface area contributed by atoms with Crippen molar-refractivity contribution in [1.82, 2.24) is 15.9 Å². The number of hydrazine groups is 1. The third-order valence-electron chi connectivity index (χ3n) is 5.67. The van der Waals surface area contributed by atoms with Gasteiger partial charge in [0.15, 0.2) is 0 Å². The number of carbonyl (C=O) groups is 2. The van der Waals surface area contributed by atoms with Crippen LogP contribution in [0.4, 0.5) is 11.4 Å². The first-order valence-electron chi connectivity index (χ1n) is 10.3. The van der Waals surface area contributed by atoms with Gasteiger partial charge in [-0.2, -0.15) is 5.10 Å². The Morgan fingerprint density at radius 2 is 1.61 bits per heavy atom. The average Bonchev–Trinajstić information content (AvgIpc) is 3.20. The number of nitrogens with zero attached hydrogens (tertiary/aromatic N) is 4. The van der Waals surface area contributed by atoms with Crippen molar-refractivity contribution >= 4 is 28.9 Å². The fraction of sp³-hybridized carbons (Fsp3) is 0.286. The lowest BCUT2D eigenvalue weighted by Gasteiger charge is -2.29. The lowest BCUT2D eigenvalue weighted by atomic mass is 9.86. The first-order valence-corrected chi connectivity index (χ1v) is 10.3. The third-order valence-corrected chi connectivity index (χ3v) is 5.67. The van der Waals surface area contributed by atoms with E-state index in [4.69, 9.17) is 0 Å². The molecule has 0 saturated heterocycles. The van der Waals surface area contributed by atoms with Crippen LogP contribution in [0, 0.1) is 26.1 Å². The summed E-state index contributed by atoms with van der Waals surface area (Å²) in [6, 6.07) is 10.6. The van der Waals surface area contributed by atoms with Gasteiger partial charge < -0.3 is 0 Å². The van der Waals surface area contributed by atoms with Crippen molar-refractivity contribution in [2.75, 3.05) is 0 Å². The molecule has 2 aromatic rings. The van der Waals surface area contributed by atoms with Gasteiger partial charge in [-0.3, -0.25) is 35.2 Å². The second-order valence-electron chi connectivity index (χ2n) is 7.75. The number of nitrogens with one attached hydrogen (secondary N) is 2. The van der Waals surface area contributed by atoms with Crippen LogP contribution in [0.2, 0.25) is 0 Å². The molecule has 170 valence electrons. The Labute approximate surface area is 187 Å². The number of hydrazone groups is 1. The highest BCUT2D eigenvalue weighted by molar-refractivity contribution is 5.99. The maximum absolute atomic E-state index is 13.2. The standard InChI is InChI=1S/C21H20N6O6/c28-20(13-5-3-7-15(11-13)26(30)31)23-22-19-17-9-1-2-10-18(17)24-25(19)21(29)14-6-4-8-16(12-14)27(32)33/h3-8,11-12,17,19,22H,1-2,9-10H2,(H,23,28)/t17-,19-/m0/s1. The van der Waals surface area contributed by atoms with Crippen molar-refractivity contribution in [3.63, 3.8) is 0 Å². The molecule has 1 aliphatic carbocycles. The SMILES string of the molecule is O=C(NN[C@@H]1[C@H]2CCCCC2=NN1C(=O)c1cccc([N+](=O)[O-])c1)c1cccc([N+](=O)[O-])c1. The Hall–Kier alpha value is -4.19. The van der Waals surface area contributed by atoms with Crippen LogP contribution < -0.4 is 10.9 Å². The molecule has 2 atom stereocenters. The van der Waals surface area contributed by atoms with Crippen LogP contribution >= 0.6 is 0 Å². The fourth-order valence-electron chi connectivity index (χ4n) is 4.05. The maximum atomic E-state index is 13.2. The molecule has 1 heterocycles. The van der Waals surface area contributed by atoms with Gasteiger partial charge in [0.25, 0.3) is 23.2 Å². The molecule has 0 aromatic heterocycles. The van der Waals surface area contributed by atoms with Gasteiger partial charge in [-0.15, -0.1) is 0 Å². The number of benzene rings is 2. The van der Waals surface area contributed by atoms with Gasteiger partial charge in [0.1, 0.15) is 6.17 Å². The van der Waals surface area contributed by atoms with E-state index < -0.39 is 27.8 Å². The van der Waals surface area contributed by atoms with Crippen LogP contribution in [0.5, 0.6) is 0 Å². The van der Waals surface area contributed by atoms with Crippen LogP contribution in [-0.4, -0.2) is 38.5 Å². The minimum atomic E-state index is -0.699. The molecular formula is C21H20N6O6. The molecule has 2 aliphatic rings. The third kappa shape index (κ3) is 4.55. The molecule has 0 unspecified atom stereocenters. The zero-order valence-corrected chi connectivity index (χ0v) is 17.3. The molecule has 0 spiro atoms. The number of hydrogen-bond acceptors (Lipinski definition) is 8. The monoisotopic (exact) mass is 452 g/mol. The lowest BCUT2D eigenvalue weighted by molar-refractivity contribution is -0.385. The zero-order valence-electron chi connectivity index (χ0n) is 17.3. The molecule has 4 rings (SSSR count). The summed E-state index contributed by atoms with van der Waals surface area (Å²) in [5.41, 5.74) is 5.94. The van der Waals surface area contributed by atoms with Crippen molar-refractivity contribution in [3.05, 3.63) is 79.9 Å². The summed E-state index contributed by atoms with van der Waals surface area (Å²) in [4.78, 5) is 46.7. The highest BCUT2D eigenvalue weighted by Gasteiger charge is 2.41. The highest BCUT2D eigenvalue weighted by atomic mass is 16.6. The molecule has 1 aliphatic heterocycles. The first-order chi connectivity index (χ1) is 15.8. The average molecular weight is 452 g/mol. The molecule has 2 amide bonds. The number of amides is 2. The van der Waals surface area contributed by atoms with Crippen molar-refractivity contribution < 1.29 is 19.4 Å². The molecule has 1 fully saturated rings. The Morgan fingerprint density at radius 1 is 0.970 bits per heavy atom. The summed E-state index contributed by atoms with van der Waals surface area (Å²) in [6.07, 6.45) is 2.62. The van der Waals surface area contributed by atoms with Crippen molar-refractivity contribution in [3.8, 4) is 0 Å². The number of nitro benzene ring substituents is 2. The number of nitro groups is 2. The van der Waals surface area contributed by atoms with Gasteiger partial charge in [-0.1, -0.05) is 18.6 Å². The van der Waals surface area contributed by atoms with Crippen molar-refractivity contribution in [1.29, 1.82) is 0 Å². The molecule has 12 heteroatoms. The van der Waals surface area contributed by atoms with E-state index in [0.29, 0.717) is 6.42 Å². The van der Waals surface area contributed by atoms with Crippen LogP contribution in [0.3, 0.4) is 0 Å². The van der Waals surface area contributed by atoms with Gasteiger partial charge in [0.2, 0.25) is 0 Å². The number of carbonyl (C=O) groups excluding carboxylic acids is 2. The molecule has 12 nitrogen and oxygen atoms in total. The van der Waals surface area contributed by atoms with Crippen LogP contribution in [0.25, 0.3) is 0 Å². The largest absolute Gasteiger partial charge is 0.285 e. The summed E-state index contributed by atoms with van der Waals surface area (Å²) >= 11 is 0. The molecule has 2 N–H and O–H groups in total. The Kier molecular flexibility index (Phi) is 6.09. The lowest BCUT2D eigenvalue weighted by Crippen LogP contribution is -2.55. The minimum Gasteiger partial charge on any atom is -0.285 e. The molecule has 2 aromatic carbocycles.